The van der Waals surface area contributed by atoms with Gasteiger partial charge < -0.3 is 19.8 Å². The number of carbonyl (C=O) groups is 1. The Hall–Kier alpha value is -3.13. The Kier molecular flexibility index (Phi) is 4.88. The van der Waals surface area contributed by atoms with Gasteiger partial charge in [0.25, 0.3) is 0 Å². The van der Waals surface area contributed by atoms with E-state index in [1.54, 1.807) is 12.5 Å². The van der Waals surface area contributed by atoms with Gasteiger partial charge in [-0.1, -0.05) is 12.1 Å². The van der Waals surface area contributed by atoms with Crippen molar-refractivity contribution in [3.05, 3.63) is 55.0 Å². The number of amides is 2. The first-order valence-corrected chi connectivity index (χ1v) is 9.02. The number of hydrogen-bond donors (Lipinski definition) is 2. The quantitative estimate of drug-likeness (QED) is 0.742. The molecule has 0 unspecified atom stereocenters. The maximum Gasteiger partial charge on any atom is 0.321 e. The first-order chi connectivity index (χ1) is 13.2. The number of aryl methyl sites for hydroxylation is 1. The number of H-pyrrole nitrogens is 1. The van der Waals surface area contributed by atoms with Crippen LogP contribution >= 0.6 is 0 Å². The first-order valence-electron chi connectivity index (χ1n) is 9.02. The number of aromatic amines is 1. The predicted molar refractivity (Wildman–Crippen MR) is 103 cm³/mol. The van der Waals surface area contributed by atoms with Gasteiger partial charge in [-0.3, -0.25) is 4.90 Å². The van der Waals surface area contributed by atoms with Gasteiger partial charge in [-0.2, -0.15) is 0 Å². The number of benzene rings is 1. The van der Waals surface area contributed by atoms with Crippen molar-refractivity contribution >= 4 is 11.7 Å². The van der Waals surface area contributed by atoms with Crippen LogP contribution in [0.4, 0.5) is 10.5 Å². The van der Waals surface area contributed by atoms with Crippen molar-refractivity contribution in [1.82, 2.24) is 29.3 Å². The molecule has 8 heteroatoms. The lowest BCUT2D eigenvalue weighted by atomic mass is 10.1. The Labute approximate surface area is 157 Å². The molecule has 27 heavy (non-hydrogen) atoms. The minimum atomic E-state index is -0.0617. The standard InChI is InChI=1S/C19H23N7O/c1-24-6-5-21-18(24)13-25-7-9-26(10-8-25)19(27)23-16-4-2-3-15(11-16)17-12-20-14-22-17/h2-6,11-12,14H,7-10,13H2,1H3,(H,20,22)(H,23,27). The minimum Gasteiger partial charge on any atom is -0.345 e. The molecule has 4 rings (SSSR count). The van der Waals surface area contributed by atoms with Crippen LogP contribution in [-0.2, 0) is 13.6 Å². The zero-order chi connectivity index (χ0) is 18.6. The average molecular weight is 365 g/mol. The topological polar surface area (TPSA) is 82.1 Å². The lowest BCUT2D eigenvalue weighted by molar-refractivity contribution is 0.140. The fourth-order valence-corrected chi connectivity index (χ4v) is 3.24. The van der Waals surface area contributed by atoms with Gasteiger partial charge in [-0.25, -0.2) is 14.8 Å². The predicted octanol–water partition coefficient (Wildman–Crippen LogP) is 2.16. The molecule has 0 atom stereocenters. The van der Waals surface area contributed by atoms with Gasteiger partial charge in [0.15, 0.2) is 0 Å². The number of piperazine rings is 1. The average Bonchev–Trinajstić information content (AvgIpc) is 3.35. The molecule has 3 aromatic rings. The number of aromatic nitrogens is 4. The van der Waals surface area contributed by atoms with E-state index in [0.717, 1.165) is 42.4 Å². The van der Waals surface area contributed by atoms with Crippen LogP contribution in [0.15, 0.2) is 49.2 Å². The smallest absolute Gasteiger partial charge is 0.321 e. The number of carbonyl (C=O) groups excluding carboxylic acids is 1. The molecule has 1 aromatic carbocycles. The maximum atomic E-state index is 12.6. The maximum absolute atomic E-state index is 12.6. The molecule has 1 saturated heterocycles. The van der Waals surface area contributed by atoms with Gasteiger partial charge in [-0.05, 0) is 12.1 Å². The van der Waals surface area contributed by atoms with Crippen LogP contribution in [0, 0.1) is 0 Å². The third kappa shape index (κ3) is 4.01. The molecule has 1 aliphatic heterocycles. The molecule has 0 aliphatic carbocycles. The SMILES string of the molecule is Cn1ccnc1CN1CCN(C(=O)Nc2cccc(-c3cnc[nH]3)c2)CC1. The van der Waals surface area contributed by atoms with Gasteiger partial charge >= 0.3 is 6.03 Å². The number of nitrogens with one attached hydrogen (secondary N) is 2. The van der Waals surface area contributed by atoms with Crippen LogP contribution in [0.1, 0.15) is 5.82 Å². The van der Waals surface area contributed by atoms with E-state index < -0.39 is 0 Å². The van der Waals surface area contributed by atoms with Gasteiger partial charge in [0, 0.05) is 56.9 Å². The summed E-state index contributed by atoms with van der Waals surface area (Å²) in [5, 5.41) is 3.00. The van der Waals surface area contributed by atoms with Crippen molar-refractivity contribution in [2.75, 3.05) is 31.5 Å². The van der Waals surface area contributed by atoms with E-state index in [9.17, 15) is 4.79 Å². The highest BCUT2D eigenvalue weighted by Crippen LogP contribution is 2.20. The molecule has 140 valence electrons. The number of hydrogen-bond acceptors (Lipinski definition) is 4. The number of imidazole rings is 2. The summed E-state index contributed by atoms with van der Waals surface area (Å²) >= 11 is 0. The molecule has 2 N–H and O–H groups in total. The molecule has 1 fully saturated rings. The Bertz CT molecular complexity index is 894. The Morgan fingerprint density at radius 3 is 2.81 bits per heavy atom. The third-order valence-electron chi connectivity index (χ3n) is 4.87. The first kappa shape index (κ1) is 17.3. The normalized spacial score (nSPS) is 15.1. The van der Waals surface area contributed by atoms with Crippen molar-refractivity contribution in [2.45, 2.75) is 6.54 Å². The zero-order valence-electron chi connectivity index (χ0n) is 15.3. The van der Waals surface area contributed by atoms with Gasteiger partial charge in [0.1, 0.15) is 5.82 Å². The molecule has 2 aromatic heterocycles. The van der Waals surface area contributed by atoms with E-state index in [4.69, 9.17) is 0 Å². The van der Waals surface area contributed by atoms with Crippen molar-refractivity contribution in [1.29, 1.82) is 0 Å². The van der Waals surface area contributed by atoms with Crippen molar-refractivity contribution in [3.8, 4) is 11.3 Å². The van der Waals surface area contributed by atoms with Crippen LogP contribution in [0.5, 0.6) is 0 Å². The summed E-state index contributed by atoms with van der Waals surface area (Å²) in [6.45, 7) is 3.90. The van der Waals surface area contributed by atoms with E-state index >= 15 is 0 Å². The van der Waals surface area contributed by atoms with E-state index in [1.807, 2.05) is 53.2 Å². The molecule has 3 heterocycles. The fraction of sp³-hybridized carbons (Fsp3) is 0.316. The summed E-state index contributed by atoms with van der Waals surface area (Å²) in [5.74, 6) is 1.04. The molecular weight excluding hydrogens is 342 g/mol. The van der Waals surface area contributed by atoms with Gasteiger partial charge in [0.2, 0.25) is 0 Å². The number of rotatable bonds is 4. The summed E-state index contributed by atoms with van der Waals surface area (Å²) in [4.78, 5) is 28.3. The number of nitrogens with zero attached hydrogens (tertiary/aromatic N) is 5. The minimum absolute atomic E-state index is 0.0617. The van der Waals surface area contributed by atoms with Crippen molar-refractivity contribution in [2.24, 2.45) is 7.05 Å². The van der Waals surface area contributed by atoms with Crippen LogP contribution in [0.25, 0.3) is 11.3 Å². The summed E-state index contributed by atoms with van der Waals surface area (Å²) in [6.07, 6.45) is 7.18. The van der Waals surface area contributed by atoms with Gasteiger partial charge in [0.05, 0.1) is 24.8 Å². The summed E-state index contributed by atoms with van der Waals surface area (Å²) < 4.78 is 2.03. The molecule has 1 aliphatic rings. The van der Waals surface area contributed by atoms with E-state index in [1.165, 1.54) is 0 Å². The summed E-state index contributed by atoms with van der Waals surface area (Å²) in [5.41, 5.74) is 2.70. The third-order valence-corrected chi connectivity index (χ3v) is 4.87. The Morgan fingerprint density at radius 1 is 1.26 bits per heavy atom. The van der Waals surface area contributed by atoms with Crippen LogP contribution in [-0.4, -0.2) is 61.5 Å². The summed E-state index contributed by atoms with van der Waals surface area (Å²) in [7, 11) is 2.00. The Balaban J connectivity index is 1.32. The highest BCUT2D eigenvalue weighted by Gasteiger charge is 2.22. The van der Waals surface area contributed by atoms with E-state index in [-0.39, 0.29) is 6.03 Å². The lowest BCUT2D eigenvalue weighted by Gasteiger charge is -2.34. The fourth-order valence-electron chi connectivity index (χ4n) is 3.24. The molecule has 2 amide bonds. The second-order valence-electron chi connectivity index (χ2n) is 6.69. The second-order valence-corrected chi connectivity index (χ2v) is 6.69. The van der Waals surface area contributed by atoms with Gasteiger partial charge in [-0.15, -0.1) is 0 Å². The number of urea groups is 1. The summed E-state index contributed by atoms with van der Waals surface area (Å²) in [6, 6.07) is 7.70. The molecule has 0 radical (unpaired) electrons. The highest BCUT2D eigenvalue weighted by molar-refractivity contribution is 5.90. The van der Waals surface area contributed by atoms with Crippen molar-refractivity contribution < 1.29 is 4.79 Å². The largest absolute Gasteiger partial charge is 0.345 e. The molecule has 0 bridgehead atoms. The van der Waals surface area contributed by atoms with Crippen LogP contribution in [0.3, 0.4) is 0 Å². The van der Waals surface area contributed by atoms with E-state index in [0.29, 0.717) is 13.1 Å². The second kappa shape index (κ2) is 7.63. The molecule has 0 spiro atoms. The highest BCUT2D eigenvalue weighted by atomic mass is 16.2. The molecule has 8 nitrogen and oxygen atoms in total. The monoisotopic (exact) mass is 365 g/mol. The zero-order valence-corrected chi connectivity index (χ0v) is 15.3. The molecular formula is C19H23N7O. The lowest BCUT2D eigenvalue weighted by Crippen LogP contribution is -2.49. The van der Waals surface area contributed by atoms with E-state index in [2.05, 4.69) is 25.2 Å². The van der Waals surface area contributed by atoms with Crippen LogP contribution < -0.4 is 5.32 Å². The van der Waals surface area contributed by atoms with Crippen molar-refractivity contribution in [3.63, 3.8) is 0 Å². The Morgan fingerprint density at radius 2 is 2.11 bits per heavy atom. The molecule has 0 saturated carbocycles. The number of anilines is 1. The van der Waals surface area contributed by atoms with Crippen LogP contribution in [0.2, 0.25) is 0 Å².